The third-order valence-corrected chi connectivity index (χ3v) is 2.70. The summed E-state index contributed by atoms with van der Waals surface area (Å²) in [6.07, 6.45) is 0. The molecule has 0 saturated carbocycles. The summed E-state index contributed by atoms with van der Waals surface area (Å²) in [5, 5.41) is 8.92. The molecule has 0 spiro atoms. The Hall–Kier alpha value is -1.79. The van der Waals surface area contributed by atoms with Crippen molar-refractivity contribution in [1.82, 2.24) is 9.55 Å². The fourth-order valence-corrected chi connectivity index (χ4v) is 1.88. The van der Waals surface area contributed by atoms with Crippen LogP contribution in [-0.2, 0) is 0 Å². The average Bonchev–Trinajstić information content (AvgIpc) is 2.24. The van der Waals surface area contributed by atoms with E-state index in [0.29, 0.717) is 0 Å². The van der Waals surface area contributed by atoms with Gasteiger partial charge in [-0.25, -0.2) is 13.8 Å². The molecule has 18 heavy (non-hydrogen) atoms. The monoisotopic (exact) mass is 290 g/mol. The van der Waals surface area contributed by atoms with E-state index < -0.39 is 22.9 Å². The molecular formula is C10H5Cl2FN2O3. The van der Waals surface area contributed by atoms with Gasteiger partial charge in [-0.2, -0.15) is 0 Å². The zero-order valence-electron chi connectivity index (χ0n) is 8.58. The van der Waals surface area contributed by atoms with Gasteiger partial charge in [0.1, 0.15) is 0 Å². The van der Waals surface area contributed by atoms with Gasteiger partial charge < -0.3 is 5.11 Å². The van der Waals surface area contributed by atoms with Gasteiger partial charge in [-0.15, -0.1) is 0 Å². The molecule has 2 aromatic rings. The minimum atomic E-state index is -0.890. The van der Waals surface area contributed by atoms with Crippen molar-refractivity contribution < 1.29 is 9.50 Å². The number of nitrogens with one attached hydrogen (secondary N) is 1. The van der Waals surface area contributed by atoms with Gasteiger partial charge in [0.25, 0.3) is 5.56 Å². The van der Waals surface area contributed by atoms with Gasteiger partial charge in [-0.3, -0.25) is 9.78 Å². The molecule has 0 aliphatic heterocycles. The molecule has 2 N–H and O–H groups in total. The largest absolute Gasteiger partial charge is 0.494 e. The normalized spacial score (nSPS) is 10.6. The van der Waals surface area contributed by atoms with E-state index in [4.69, 9.17) is 23.2 Å². The van der Waals surface area contributed by atoms with Crippen molar-refractivity contribution in [3.05, 3.63) is 54.9 Å². The van der Waals surface area contributed by atoms with Gasteiger partial charge in [0.05, 0.1) is 21.8 Å². The summed E-state index contributed by atoms with van der Waals surface area (Å²) >= 11 is 11.2. The van der Waals surface area contributed by atoms with Crippen molar-refractivity contribution in [1.29, 1.82) is 0 Å². The maximum atomic E-state index is 13.2. The van der Waals surface area contributed by atoms with Crippen molar-refractivity contribution >= 4 is 23.2 Å². The van der Waals surface area contributed by atoms with E-state index >= 15 is 0 Å². The van der Waals surface area contributed by atoms with E-state index in [1.165, 1.54) is 0 Å². The van der Waals surface area contributed by atoms with Crippen molar-refractivity contribution in [3.8, 4) is 11.6 Å². The van der Waals surface area contributed by atoms with E-state index in [-0.39, 0.29) is 15.7 Å². The maximum Gasteiger partial charge on any atom is 0.335 e. The van der Waals surface area contributed by atoms with E-state index in [2.05, 4.69) is 0 Å². The van der Waals surface area contributed by atoms with Crippen LogP contribution in [0.1, 0.15) is 0 Å². The van der Waals surface area contributed by atoms with Crippen LogP contribution in [0.4, 0.5) is 4.39 Å². The van der Waals surface area contributed by atoms with Crippen LogP contribution in [0, 0.1) is 5.82 Å². The Labute approximate surface area is 109 Å². The van der Waals surface area contributed by atoms with Gasteiger partial charge >= 0.3 is 5.69 Å². The van der Waals surface area contributed by atoms with Crippen LogP contribution in [0.3, 0.4) is 0 Å². The SMILES string of the molecule is O=c1cc(O)n(-c2cc(Cl)c(F)c(Cl)c2)c(=O)[nH]1. The third kappa shape index (κ3) is 2.12. The van der Waals surface area contributed by atoms with E-state index in [0.717, 1.165) is 22.8 Å². The third-order valence-electron chi connectivity index (χ3n) is 2.15. The number of nitrogens with zero attached hydrogens (tertiary/aromatic N) is 1. The van der Waals surface area contributed by atoms with Gasteiger partial charge in [-0.1, -0.05) is 23.2 Å². The van der Waals surface area contributed by atoms with Crippen LogP contribution in [0.2, 0.25) is 10.0 Å². The van der Waals surface area contributed by atoms with E-state index in [9.17, 15) is 19.1 Å². The molecule has 1 heterocycles. The highest BCUT2D eigenvalue weighted by Gasteiger charge is 2.12. The molecule has 0 atom stereocenters. The summed E-state index contributed by atoms with van der Waals surface area (Å²) in [7, 11) is 0. The molecule has 0 amide bonds. The van der Waals surface area contributed by atoms with Crippen LogP contribution in [0.25, 0.3) is 5.69 Å². The lowest BCUT2D eigenvalue weighted by Gasteiger charge is -2.08. The summed E-state index contributed by atoms with van der Waals surface area (Å²) in [6, 6.07) is 3.00. The molecular weight excluding hydrogens is 286 g/mol. The minimum absolute atomic E-state index is 0.0325. The number of halogens is 3. The van der Waals surface area contributed by atoms with Crippen molar-refractivity contribution in [2.24, 2.45) is 0 Å². The highest BCUT2D eigenvalue weighted by Crippen LogP contribution is 2.27. The summed E-state index contributed by atoms with van der Waals surface area (Å²) in [6.45, 7) is 0. The number of hydrogen-bond acceptors (Lipinski definition) is 3. The minimum Gasteiger partial charge on any atom is -0.494 e. The molecule has 0 aliphatic carbocycles. The topological polar surface area (TPSA) is 75.1 Å². The first-order valence-electron chi connectivity index (χ1n) is 4.60. The summed E-state index contributed by atoms with van der Waals surface area (Å²) < 4.78 is 14.0. The van der Waals surface area contributed by atoms with Gasteiger partial charge in [0, 0.05) is 0 Å². The molecule has 0 saturated heterocycles. The lowest BCUT2D eigenvalue weighted by molar-refractivity contribution is 0.431. The molecule has 94 valence electrons. The molecule has 0 aliphatic rings. The van der Waals surface area contributed by atoms with Crippen molar-refractivity contribution in [3.63, 3.8) is 0 Å². The second kappa shape index (κ2) is 4.47. The van der Waals surface area contributed by atoms with Crippen molar-refractivity contribution in [2.45, 2.75) is 0 Å². The Kier molecular flexibility index (Phi) is 3.14. The van der Waals surface area contributed by atoms with Crippen LogP contribution in [-0.4, -0.2) is 14.7 Å². The van der Waals surface area contributed by atoms with Crippen molar-refractivity contribution in [2.75, 3.05) is 0 Å². The van der Waals surface area contributed by atoms with E-state index in [1.807, 2.05) is 4.98 Å². The number of aromatic hydroxyl groups is 1. The molecule has 5 nitrogen and oxygen atoms in total. The molecule has 2 rings (SSSR count). The Balaban J connectivity index is 2.78. The smallest absolute Gasteiger partial charge is 0.335 e. The first-order valence-corrected chi connectivity index (χ1v) is 5.36. The van der Waals surface area contributed by atoms with Crippen LogP contribution in [0.5, 0.6) is 5.88 Å². The highest BCUT2D eigenvalue weighted by molar-refractivity contribution is 6.35. The zero-order valence-corrected chi connectivity index (χ0v) is 10.1. The first-order chi connectivity index (χ1) is 8.40. The number of aromatic nitrogens is 2. The molecule has 1 aromatic heterocycles. The molecule has 0 radical (unpaired) electrons. The van der Waals surface area contributed by atoms with E-state index in [1.54, 1.807) is 0 Å². The molecule has 0 bridgehead atoms. The predicted molar refractivity (Wildman–Crippen MR) is 64.3 cm³/mol. The lowest BCUT2D eigenvalue weighted by atomic mass is 10.3. The average molecular weight is 291 g/mol. The quantitative estimate of drug-likeness (QED) is 0.785. The maximum absolute atomic E-state index is 13.2. The van der Waals surface area contributed by atoms with Gasteiger partial charge in [-0.05, 0) is 12.1 Å². The summed E-state index contributed by atoms with van der Waals surface area (Å²) in [5.74, 6) is -1.44. The Bertz CT molecular complexity index is 716. The number of aromatic amines is 1. The molecule has 0 fully saturated rings. The van der Waals surface area contributed by atoms with Crippen LogP contribution < -0.4 is 11.2 Å². The Morgan fingerprint density at radius 1 is 1.17 bits per heavy atom. The second-order valence-corrected chi connectivity index (χ2v) is 4.17. The zero-order chi connectivity index (χ0) is 13.4. The van der Waals surface area contributed by atoms with Crippen LogP contribution >= 0.6 is 23.2 Å². The lowest BCUT2D eigenvalue weighted by Crippen LogP contribution is -2.28. The number of hydrogen-bond donors (Lipinski definition) is 2. The number of H-pyrrole nitrogens is 1. The first kappa shape index (κ1) is 12.7. The van der Waals surface area contributed by atoms with Crippen LogP contribution in [0.15, 0.2) is 27.8 Å². The standard InChI is InChI=1S/C10H5Cl2FN2O3/c11-5-1-4(2-6(12)9(5)13)15-8(17)3-7(16)14-10(15)18/h1-3,17H,(H,14,16,18). The number of benzene rings is 1. The molecule has 1 aromatic carbocycles. The number of rotatable bonds is 1. The Morgan fingerprint density at radius 3 is 2.22 bits per heavy atom. The Morgan fingerprint density at radius 2 is 1.72 bits per heavy atom. The van der Waals surface area contributed by atoms with Gasteiger partial charge in [0.2, 0.25) is 5.88 Å². The molecule has 8 heteroatoms. The highest BCUT2D eigenvalue weighted by atomic mass is 35.5. The summed E-state index contributed by atoms with van der Waals surface area (Å²) in [5.41, 5.74) is -1.61. The summed E-state index contributed by atoms with van der Waals surface area (Å²) in [4.78, 5) is 24.4. The predicted octanol–water partition coefficient (Wildman–Crippen LogP) is 1.68. The van der Waals surface area contributed by atoms with Gasteiger partial charge in [0.15, 0.2) is 5.82 Å². The second-order valence-electron chi connectivity index (χ2n) is 3.36. The fraction of sp³-hybridized carbons (Fsp3) is 0. The fourth-order valence-electron chi connectivity index (χ4n) is 1.40. The molecule has 0 unspecified atom stereocenters.